The fourth-order valence-corrected chi connectivity index (χ4v) is 4.43. The van der Waals surface area contributed by atoms with Crippen LogP contribution < -0.4 is 5.69 Å². The average Bonchev–Trinajstić information content (AvgIpc) is 3.17. The molecule has 2 aromatic heterocycles. The van der Waals surface area contributed by atoms with Crippen molar-refractivity contribution in [2.45, 2.75) is 58.3 Å². The van der Waals surface area contributed by atoms with E-state index >= 15 is 0 Å². The number of likely N-dealkylation sites (tertiary alicyclic amines) is 1. The van der Waals surface area contributed by atoms with Gasteiger partial charge >= 0.3 is 5.69 Å². The Morgan fingerprint density at radius 1 is 1.07 bits per heavy atom. The summed E-state index contributed by atoms with van der Waals surface area (Å²) in [6.45, 7) is 4.13. The van der Waals surface area contributed by atoms with Crippen LogP contribution in [0.5, 0.6) is 0 Å². The number of hydrogen-bond acceptors (Lipinski definition) is 4. The van der Waals surface area contributed by atoms with Gasteiger partial charge in [0.2, 0.25) is 17.6 Å². The second-order valence-electron chi connectivity index (χ2n) is 8.37. The highest BCUT2D eigenvalue weighted by molar-refractivity contribution is 5.85. The molecule has 0 unspecified atom stereocenters. The number of piperidine rings is 1. The number of aromatic nitrogens is 4. The van der Waals surface area contributed by atoms with Gasteiger partial charge in [-0.1, -0.05) is 12.1 Å². The molecular weight excluding hydrogens is 384 g/mol. The molecule has 2 atom stereocenters. The molecule has 2 amide bonds. The predicted molar refractivity (Wildman–Crippen MR) is 113 cm³/mol. The molecule has 1 aliphatic rings. The standard InChI is InChI=1S/C21H28N6O3/c1-14-8-7-9-15(2)26(14)19(29)12-24-16-10-5-6-11-17(16)27-20(24)22-25(21(27)30)13-18(28)23(3)4/h5-6,10-11,14-15H,7-9,12-13H2,1-4H3/t14-,15-/m0/s1. The van der Waals surface area contributed by atoms with Gasteiger partial charge in [0.05, 0.1) is 11.0 Å². The van der Waals surface area contributed by atoms with E-state index in [0.29, 0.717) is 11.3 Å². The molecule has 1 fully saturated rings. The number of para-hydroxylation sites is 2. The van der Waals surface area contributed by atoms with Crippen LogP contribution in [0.15, 0.2) is 29.1 Å². The number of carbonyl (C=O) groups is 2. The van der Waals surface area contributed by atoms with Crippen molar-refractivity contribution >= 4 is 28.6 Å². The summed E-state index contributed by atoms with van der Waals surface area (Å²) in [4.78, 5) is 41.7. The first-order chi connectivity index (χ1) is 14.3. The number of carbonyl (C=O) groups excluding carboxylic acids is 2. The zero-order valence-corrected chi connectivity index (χ0v) is 17.9. The minimum absolute atomic E-state index is 0.0179. The Morgan fingerprint density at radius 2 is 1.70 bits per heavy atom. The Morgan fingerprint density at radius 3 is 2.33 bits per heavy atom. The summed E-state index contributed by atoms with van der Waals surface area (Å²) in [5, 5.41) is 4.42. The molecule has 0 bridgehead atoms. The first-order valence-electron chi connectivity index (χ1n) is 10.4. The van der Waals surface area contributed by atoms with Crippen LogP contribution in [0.3, 0.4) is 0 Å². The van der Waals surface area contributed by atoms with Gasteiger partial charge in [0.15, 0.2) is 0 Å². The fourth-order valence-electron chi connectivity index (χ4n) is 4.43. The fraction of sp³-hybridized carbons (Fsp3) is 0.524. The van der Waals surface area contributed by atoms with Gasteiger partial charge in [0.25, 0.3) is 0 Å². The molecule has 0 radical (unpaired) electrons. The number of hydrogen-bond donors (Lipinski definition) is 0. The van der Waals surface area contributed by atoms with Gasteiger partial charge in [-0.2, -0.15) is 0 Å². The molecule has 0 N–H and O–H groups in total. The van der Waals surface area contributed by atoms with Crippen LogP contribution in [0.1, 0.15) is 33.1 Å². The van der Waals surface area contributed by atoms with E-state index in [2.05, 4.69) is 18.9 Å². The van der Waals surface area contributed by atoms with Crippen molar-refractivity contribution in [1.29, 1.82) is 0 Å². The monoisotopic (exact) mass is 412 g/mol. The average molecular weight is 412 g/mol. The zero-order valence-electron chi connectivity index (χ0n) is 17.9. The molecule has 160 valence electrons. The van der Waals surface area contributed by atoms with Gasteiger partial charge in [-0.15, -0.1) is 5.10 Å². The molecule has 4 rings (SSSR count). The van der Waals surface area contributed by atoms with E-state index in [-0.39, 0.29) is 42.7 Å². The predicted octanol–water partition coefficient (Wildman–Crippen LogP) is 1.33. The van der Waals surface area contributed by atoms with Crippen LogP contribution in [0.4, 0.5) is 0 Å². The third kappa shape index (κ3) is 3.28. The Bertz CT molecular complexity index is 1160. The van der Waals surface area contributed by atoms with E-state index in [9.17, 15) is 14.4 Å². The number of rotatable bonds is 4. The van der Waals surface area contributed by atoms with Crippen molar-refractivity contribution in [3.05, 3.63) is 34.7 Å². The van der Waals surface area contributed by atoms with Gasteiger partial charge in [0.1, 0.15) is 13.1 Å². The summed E-state index contributed by atoms with van der Waals surface area (Å²) < 4.78 is 4.43. The number of amides is 2. The molecule has 0 spiro atoms. The SMILES string of the molecule is C[C@H]1CCC[C@H](C)N1C(=O)Cn1c2ccccc2n2c(=O)n(CC(=O)N(C)C)nc12. The Hall–Kier alpha value is -3.10. The number of benzene rings is 1. The van der Waals surface area contributed by atoms with Crippen molar-refractivity contribution in [1.82, 2.24) is 28.5 Å². The topological polar surface area (TPSA) is 84.8 Å². The van der Waals surface area contributed by atoms with E-state index in [0.717, 1.165) is 29.5 Å². The maximum absolute atomic E-state index is 13.3. The van der Waals surface area contributed by atoms with Crippen LogP contribution in [0, 0.1) is 0 Å². The first kappa shape index (κ1) is 20.2. The summed E-state index contributed by atoms with van der Waals surface area (Å²) in [7, 11) is 3.27. The molecule has 0 aliphatic carbocycles. The molecule has 9 heteroatoms. The van der Waals surface area contributed by atoms with Crippen molar-refractivity contribution in [2.24, 2.45) is 0 Å². The van der Waals surface area contributed by atoms with Crippen LogP contribution in [-0.2, 0) is 22.7 Å². The number of fused-ring (bicyclic) bond motifs is 3. The summed E-state index contributed by atoms with van der Waals surface area (Å²) in [5.41, 5.74) is 1.06. The van der Waals surface area contributed by atoms with Crippen LogP contribution in [0.25, 0.3) is 16.8 Å². The lowest BCUT2D eigenvalue weighted by Gasteiger charge is -2.39. The van der Waals surface area contributed by atoms with Gasteiger partial charge in [-0.05, 0) is 45.2 Å². The highest BCUT2D eigenvalue weighted by Crippen LogP contribution is 2.24. The van der Waals surface area contributed by atoms with Crippen molar-refractivity contribution in [2.75, 3.05) is 14.1 Å². The highest BCUT2D eigenvalue weighted by Gasteiger charge is 2.30. The number of imidazole rings is 1. The lowest BCUT2D eigenvalue weighted by atomic mass is 9.97. The molecule has 1 aromatic carbocycles. The summed E-state index contributed by atoms with van der Waals surface area (Å²) in [5.74, 6) is 0.170. The highest BCUT2D eigenvalue weighted by atomic mass is 16.2. The lowest BCUT2D eigenvalue weighted by Crippen LogP contribution is -2.48. The van der Waals surface area contributed by atoms with E-state index in [1.807, 2.05) is 29.2 Å². The molecule has 3 aromatic rings. The van der Waals surface area contributed by atoms with Crippen molar-refractivity contribution in [3.63, 3.8) is 0 Å². The smallest absolute Gasteiger partial charge is 0.347 e. The normalized spacial score (nSPS) is 19.5. The van der Waals surface area contributed by atoms with Gasteiger partial charge in [0, 0.05) is 26.2 Å². The van der Waals surface area contributed by atoms with E-state index in [4.69, 9.17) is 0 Å². The molecular formula is C21H28N6O3. The summed E-state index contributed by atoms with van der Waals surface area (Å²) in [6.07, 6.45) is 3.12. The molecule has 1 aliphatic heterocycles. The second-order valence-corrected chi connectivity index (χ2v) is 8.37. The van der Waals surface area contributed by atoms with Gasteiger partial charge < -0.3 is 9.80 Å². The third-order valence-corrected chi connectivity index (χ3v) is 6.04. The number of nitrogens with zero attached hydrogens (tertiary/aromatic N) is 6. The van der Waals surface area contributed by atoms with E-state index < -0.39 is 0 Å². The second kappa shape index (κ2) is 7.62. The van der Waals surface area contributed by atoms with Crippen LogP contribution in [0.2, 0.25) is 0 Å². The molecule has 3 heterocycles. The van der Waals surface area contributed by atoms with Crippen LogP contribution in [-0.4, -0.2) is 66.5 Å². The molecule has 1 saturated heterocycles. The minimum atomic E-state index is -0.387. The van der Waals surface area contributed by atoms with Crippen molar-refractivity contribution in [3.8, 4) is 0 Å². The number of likely N-dealkylation sites (N-methyl/N-ethyl adjacent to an activating group) is 1. The molecule has 30 heavy (non-hydrogen) atoms. The van der Waals surface area contributed by atoms with Crippen molar-refractivity contribution < 1.29 is 9.59 Å². The Labute approximate surface area is 174 Å². The quantitative estimate of drug-likeness (QED) is 0.647. The molecule has 9 nitrogen and oxygen atoms in total. The Kier molecular flexibility index (Phi) is 5.13. The maximum Gasteiger partial charge on any atom is 0.352 e. The molecule has 0 saturated carbocycles. The first-order valence-corrected chi connectivity index (χ1v) is 10.4. The van der Waals surface area contributed by atoms with Crippen LogP contribution >= 0.6 is 0 Å². The summed E-state index contributed by atoms with van der Waals surface area (Å²) >= 11 is 0. The largest absolute Gasteiger partial charge is 0.352 e. The zero-order chi connectivity index (χ0) is 21.6. The van der Waals surface area contributed by atoms with Gasteiger partial charge in [-0.25, -0.2) is 13.9 Å². The Balaban J connectivity index is 1.79. The maximum atomic E-state index is 13.3. The van der Waals surface area contributed by atoms with Gasteiger partial charge in [-0.3, -0.25) is 14.2 Å². The van der Waals surface area contributed by atoms with E-state index in [1.54, 1.807) is 18.7 Å². The lowest BCUT2D eigenvalue weighted by molar-refractivity contribution is -0.137. The third-order valence-electron chi connectivity index (χ3n) is 6.04. The summed E-state index contributed by atoms with van der Waals surface area (Å²) in [6, 6.07) is 7.82. The minimum Gasteiger partial charge on any atom is -0.347 e. The van der Waals surface area contributed by atoms with E-state index in [1.165, 1.54) is 9.30 Å².